The summed E-state index contributed by atoms with van der Waals surface area (Å²) in [6.07, 6.45) is 1.77. The van der Waals surface area contributed by atoms with Gasteiger partial charge in [-0.05, 0) is 29.4 Å². The van der Waals surface area contributed by atoms with Gasteiger partial charge in [0.2, 0.25) is 0 Å². The summed E-state index contributed by atoms with van der Waals surface area (Å²) >= 11 is 0. The molecule has 4 aromatic rings. The Morgan fingerprint density at radius 1 is 1.23 bits per heavy atom. The van der Waals surface area contributed by atoms with Crippen LogP contribution in [0, 0.1) is 0 Å². The number of fused-ring (bicyclic) bond motifs is 1. The Morgan fingerprint density at radius 2 is 2.12 bits per heavy atom. The number of aromatic hydroxyl groups is 1. The molecule has 8 nitrogen and oxygen atoms in total. The van der Waals surface area contributed by atoms with Crippen molar-refractivity contribution >= 4 is 22.5 Å². The van der Waals surface area contributed by atoms with Crippen molar-refractivity contribution in [2.24, 2.45) is 0 Å². The van der Waals surface area contributed by atoms with Gasteiger partial charge in [0.1, 0.15) is 5.75 Å². The predicted molar refractivity (Wildman–Crippen MR) is 99.1 cm³/mol. The molecule has 0 saturated carbocycles. The summed E-state index contributed by atoms with van der Waals surface area (Å²) < 4.78 is 5.26. The van der Waals surface area contributed by atoms with E-state index in [1.165, 1.54) is 0 Å². The first-order chi connectivity index (χ1) is 12.6. The molecule has 0 aliphatic carbocycles. The van der Waals surface area contributed by atoms with Crippen LogP contribution in [0.1, 0.15) is 5.56 Å². The fourth-order valence-electron chi connectivity index (χ4n) is 2.66. The molecule has 0 bridgehead atoms. The largest absolute Gasteiger partial charge is 0.507 e. The van der Waals surface area contributed by atoms with E-state index in [4.69, 9.17) is 4.52 Å². The SMILES string of the molecule is CN(C)c1noc(-c2cccc(CNc3ccc4[nH]ncc4c3)c2O)n1. The summed E-state index contributed by atoms with van der Waals surface area (Å²) in [5, 5.41) is 25.8. The van der Waals surface area contributed by atoms with E-state index in [2.05, 4.69) is 25.7 Å². The summed E-state index contributed by atoms with van der Waals surface area (Å²) in [7, 11) is 3.65. The number of para-hydroxylation sites is 1. The van der Waals surface area contributed by atoms with Crippen LogP contribution >= 0.6 is 0 Å². The number of hydrogen-bond donors (Lipinski definition) is 3. The average Bonchev–Trinajstić information content (AvgIpc) is 3.30. The molecule has 0 unspecified atom stereocenters. The van der Waals surface area contributed by atoms with Crippen molar-refractivity contribution in [1.29, 1.82) is 0 Å². The van der Waals surface area contributed by atoms with Crippen LogP contribution in [0.2, 0.25) is 0 Å². The van der Waals surface area contributed by atoms with E-state index in [0.717, 1.165) is 22.2 Å². The van der Waals surface area contributed by atoms with Gasteiger partial charge in [-0.3, -0.25) is 5.10 Å². The quantitative estimate of drug-likeness (QED) is 0.508. The summed E-state index contributed by atoms with van der Waals surface area (Å²) in [4.78, 5) is 6.02. The maximum Gasteiger partial charge on any atom is 0.265 e. The number of benzene rings is 2. The maximum absolute atomic E-state index is 10.6. The molecule has 0 atom stereocenters. The van der Waals surface area contributed by atoms with Crippen LogP contribution in [0.15, 0.2) is 47.1 Å². The van der Waals surface area contributed by atoms with Gasteiger partial charge in [0.05, 0.1) is 17.3 Å². The number of hydrogen-bond acceptors (Lipinski definition) is 7. The summed E-state index contributed by atoms with van der Waals surface area (Å²) in [5.74, 6) is 0.863. The predicted octanol–water partition coefficient (Wildman–Crippen LogP) is 3.00. The standard InChI is InChI=1S/C18H18N6O2/c1-24(2)18-21-17(26-23-18)14-5-3-4-11(16(14)25)9-19-13-6-7-15-12(8-13)10-20-22-15/h3-8,10,19,25H,9H2,1-2H3,(H,20,22). The summed E-state index contributed by atoms with van der Waals surface area (Å²) in [5.41, 5.74) is 3.17. The van der Waals surface area contributed by atoms with Gasteiger partial charge in [0.25, 0.3) is 11.8 Å². The van der Waals surface area contributed by atoms with Gasteiger partial charge in [-0.1, -0.05) is 12.1 Å². The van der Waals surface area contributed by atoms with Gasteiger partial charge in [-0.2, -0.15) is 10.1 Å². The van der Waals surface area contributed by atoms with Crippen molar-refractivity contribution in [2.75, 3.05) is 24.3 Å². The van der Waals surface area contributed by atoms with Crippen molar-refractivity contribution in [2.45, 2.75) is 6.54 Å². The summed E-state index contributed by atoms with van der Waals surface area (Å²) in [6.45, 7) is 0.456. The van der Waals surface area contributed by atoms with Gasteiger partial charge >= 0.3 is 0 Å². The van der Waals surface area contributed by atoms with E-state index in [1.54, 1.807) is 17.2 Å². The number of nitrogens with one attached hydrogen (secondary N) is 2. The van der Waals surface area contributed by atoms with Gasteiger partial charge in [0.15, 0.2) is 0 Å². The van der Waals surface area contributed by atoms with Gasteiger partial charge in [0, 0.05) is 37.3 Å². The van der Waals surface area contributed by atoms with E-state index in [-0.39, 0.29) is 11.6 Å². The maximum atomic E-state index is 10.6. The molecule has 0 saturated heterocycles. The lowest BCUT2D eigenvalue weighted by Crippen LogP contribution is -2.10. The highest BCUT2D eigenvalue weighted by atomic mass is 16.5. The Balaban J connectivity index is 1.56. The molecule has 8 heteroatoms. The number of aromatic nitrogens is 4. The molecule has 132 valence electrons. The molecule has 2 aromatic heterocycles. The Morgan fingerprint density at radius 3 is 2.92 bits per heavy atom. The van der Waals surface area contributed by atoms with E-state index < -0.39 is 0 Å². The minimum Gasteiger partial charge on any atom is -0.507 e. The van der Waals surface area contributed by atoms with Crippen LogP contribution in [0.4, 0.5) is 11.6 Å². The van der Waals surface area contributed by atoms with Gasteiger partial charge in [-0.25, -0.2) is 0 Å². The smallest absolute Gasteiger partial charge is 0.265 e. The van der Waals surface area contributed by atoms with E-state index in [0.29, 0.717) is 18.1 Å². The normalized spacial score (nSPS) is 11.0. The van der Waals surface area contributed by atoms with E-state index in [9.17, 15) is 5.11 Å². The fraction of sp³-hybridized carbons (Fsp3) is 0.167. The Bertz CT molecular complexity index is 1050. The van der Waals surface area contributed by atoms with Crippen molar-refractivity contribution in [3.8, 4) is 17.2 Å². The van der Waals surface area contributed by atoms with Crippen LogP contribution in [-0.4, -0.2) is 39.5 Å². The number of aromatic amines is 1. The molecule has 0 fully saturated rings. The number of rotatable bonds is 5. The van der Waals surface area contributed by atoms with Crippen molar-refractivity contribution < 1.29 is 9.63 Å². The average molecular weight is 350 g/mol. The number of H-pyrrole nitrogens is 1. The topological polar surface area (TPSA) is 103 Å². The Labute approximate surface area is 149 Å². The lowest BCUT2D eigenvalue weighted by Gasteiger charge is -2.10. The minimum absolute atomic E-state index is 0.123. The number of anilines is 2. The van der Waals surface area contributed by atoms with Crippen LogP contribution in [0.5, 0.6) is 5.75 Å². The second-order valence-electron chi connectivity index (χ2n) is 6.13. The third-order valence-corrected chi connectivity index (χ3v) is 4.09. The van der Waals surface area contributed by atoms with E-state index in [1.807, 2.05) is 44.4 Å². The minimum atomic E-state index is 0.123. The Kier molecular flexibility index (Phi) is 3.92. The fourth-order valence-corrected chi connectivity index (χ4v) is 2.66. The number of nitrogens with zero attached hydrogens (tertiary/aromatic N) is 4. The molecule has 0 aliphatic rings. The highest BCUT2D eigenvalue weighted by Crippen LogP contribution is 2.32. The van der Waals surface area contributed by atoms with Crippen molar-refractivity contribution in [1.82, 2.24) is 20.3 Å². The highest BCUT2D eigenvalue weighted by molar-refractivity contribution is 5.81. The van der Waals surface area contributed by atoms with Crippen molar-refractivity contribution in [3.63, 3.8) is 0 Å². The first-order valence-electron chi connectivity index (χ1n) is 8.11. The van der Waals surface area contributed by atoms with Crippen LogP contribution < -0.4 is 10.2 Å². The lowest BCUT2D eigenvalue weighted by molar-refractivity contribution is 0.423. The summed E-state index contributed by atoms with van der Waals surface area (Å²) in [6, 6.07) is 11.4. The van der Waals surface area contributed by atoms with Crippen LogP contribution in [0.25, 0.3) is 22.4 Å². The zero-order chi connectivity index (χ0) is 18.1. The highest BCUT2D eigenvalue weighted by Gasteiger charge is 2.16. The molecule has 0 amide bonds. The molecule has 3 N–H and O–H groups in total. The molecule has 0 spiro atoms. The molecule has 0 radical (unpaired) electrons. The zero-order valence-corrected chi connectivity index (χ0v) is 14.4. The monoisotopic (exact) mass is 350 g/mol. The van der Waals surface area contributed by atoms with E-state index >= 15 is 0 Å². The molecular weight excluding hydrogens is 332 g/mol. The Hall–Kier alpha value is -3.55. The van der Waals surface area contributed by atoms with Crippen LogP contribution in [-0.2, 0) is 6.54 Å². The molecule has 26 heavy (non-hydrogen) atoms. The lowest BCUT2D eigenvalue weighted by atomic mass is 10.1. The molecule has 4 rings (SSSR count). The zero-order valence-electron chi connectivity index (χ0n) is 14.4. The van der Waals surface area contributed by atoms with Crippen LogP contribution in [0.3, 0.4) is 0 Å². The van der Waals surface area contributed by atoms with Gasteiger partial charge < -0.3 is 19.8 Å². The number of phenolic OH excluding ortho intramolecular Hbond substituents is 1. The number of phenols is 1. The van der Waals surface area contributed by atoms with Gasteiger partial charge in [-0.15, -0.1) is 0 Å². The van der Waals surface area contributed by atoms with Crippen molar-refractivity contribution in [3.05, 3.63) is 48.2 Å². The first kappa shape index (κ1) is 15.9. The second-order valence-corrected chi connectivity index (χ2v) is 6.13. The molecular formula is C18H18N6O2. The molecule has 0 aliphatic heterocycles. The molecule has 2 heterocycles. The molecule has 2 aromatic carbocycles. The second kappa shape index (κ2) is 6.40. The first-order valence-corrected chi connectivity index (χ1v) is 8.11. The third-order valence-electron chi connectivity index (χ3n) is 4.09. The third kappa shape index (κ3) is 2.92.